The number of urea groups is 1. The lowest BCUT2D eigenvalue weighted by atomic mass is 10.1. The average molecular weight is 326 g/mol. The second kappa shape index (κ2) is 7.82. The van der Waals surface area contributed by atoms with Crippen LogP contribution < -0.4 is 10.6 Å². The van der Waals surface area contributed by atoms with Crippen molar-refractivity contribution >= 4 is 22.5 Å². The first-order chi connectivity index (χ1) is 11.0. The number of ether oxygens (including phenoxy) is 1. The summed E-state index contributed by atoms with van der Waals surface area (Å²) in [5.41, 5.74) is 0.675. The number of benzene rings is 2. The smallest absolute Gasteiger partial charge is 0.372 e. The van der Waals surface area contributed by atoms with Gasteiger partial charge in [0.25, 0.3) is 0 Å². The molecular formula is C16H17F3N2O2. The highest BCUT2D eigenvalue weighted by Gasteiger charge is 2.27. The highest BCUT2D eigenvalue weighted by molar-refractivity contribution is 6.01. The third-order valence-electron chi connectivity index (χ3n) is 3.05. The Morgan fingerprint density at radius 2 is 1.83 bits per heavy atom. The van der Waals surface area contributed by atoms with Gasteiger partial charge in [0.05, 0.1) is 5.69 Å². The summed E-state index contributed by atoms with van der Waals surface area (Å²) in [6.07, 6.45) is -4.02. The van der Waals surface area contributed by atoms with Crippen LogP contribution in [0.3, 0.4) is 0 Å². The molecule has 23 heavy (non-hydrogen) atoms. The normalized spacial score (nSPS) is 11.4. The van der Waals surface area contributed by atoms with E-state index >= 15 is 0 Å². The van der Waals surface area contributed by atoms with Crippen LogP contribution in [0.15, 0.2) is 42.5 Å². The number of halogens is 3. The minimum absolute atomic E-state index is 0.0615. The number of alkyl halides is 3. The molecule has 0 fully saturated rings. The Morgan fingerprint density at radius 3 is 2.61 bits per heavy atom. The van der Waals surface area contributed by atoms with Crippen molar-refractivity contribution in [1.29, 1.82) is 0 Å². The van der Waals surface area contributed by atoms with Gasteiger partial charge in [-0.1, -0.05) is 36.4 Å². The van der Waals surface area contributed by atoms with E-state index in [0.717, 1.165) is 10.8 Å². The highest BCUT2D eigenvalue weighted by atomic mass is 19.4. The van der Waals surface area contributed by atoms with Crippen LogP contribution in [-0.4, -0.2) is 32.0 Å². The molecule has 0 saturated carbocycles. The standard InChI is InChI=1S/C16H17F3N2O2/c17-16(18,19)11-23-10-4-9-20-15(22)21-14-8-3-6-12-5-1-2-7-13(12)14/h1-3,5-8H,4,9-11H2,(H2,20,21,22). The molecule has 2 rings (SSSR count). The van der Waals surface area contributed by atoms with E-state index in [4.69, 9.17) is 0 Å². The topological polar surface area (TPSA) is 50.4 Å². The second-order valence-corrected chi connectivity index (χ2v) is 4.93. The molecule has 0 bridgehead atoms. The van der Waals surface area contributed by atoms with Crippen molar-refractivity contribution in [3.63, 3.8) is 0 Å². The summed E-state index contributed by atoms with van der Waals surface area (Å²) >= 11 is 0. The molecule has 0 aromatic heterocycles. The molecule has 7 heteroatoms. The number of rotatable bonds is 6. The molecule has 0 radical (unpaired) electrons. The minimum Gasteiger partial charge on any atom is -0.372 e. The van der Waals surface area contributed by atoms with Gasteiger partial charge in [-0.15, -0.1) is 0 Å². The van der Waals surface area contributed by atoms with Crippen LogP contribution >= 0.6 is 0 Å². The fourth-order valence-corrected chi connectivity index (χ4v) is 2.06. The van der Waals surface area contributed by atoms with Crippen molar-refractivity contribution in [3.05, 3.63) is 42.5 Å². The van der Waals surface area contributed by atoms with Gasteiger partial charge in [-0.25, -0.2) is 4.79 Å². The number of carbonyl (C=O) groups excluding carboxylic acids is 1. The zero-order valence-corrected chi connectivity index (χ0v) is 12.3. The SMILES string of the molecule is O=C(NCCCOCC(F)(F)F)Nc1cccc2ccccc12. The molecule has 0 aliphatic carbocycles. The van der Waals surface area contributed by atoms with Gasteiger partial charge < -0.3 is 15.4 Å². The fourth-order valence-electron chi connectivity index (χ4n) is 2.06. The lowest BCUT2D eigenvalue weighted by Crippen LogP contribution is -2.30. The van der Waals surface area contributed by atoms with Crippen molar-refractivity contribution in [2.75, 3.05) is 25.1 Å². The quantitative estimate of drug-likeness (QED) is 0.790. The van der Waals surface area contributed by atoms with E-state index in [9.17, 15) is 18.0 Å². The van der Waals surface area contributed by atoms with Crippen molar-refractivity contribution in [3.8, 4) is 0 Å². The molecule has 0 heterocycles. The number of fused-ring (bicyclic) bond motifs is 1. The van der Waals surface area contributed by atoms with E-state index in [1.807, 2.05) is 36.4 Å². The summed E-state index contributed by atoms with van der Waals surface area (Å²) in [4.78, 5) is 11.8. The van der Waals surface area contributed by atoms with Crippen molar-refractivity contribution in [2.24, 2.45) is 0 Å². The van der Waals surface area contributed by atoms with E-state index in [2.05, 4.69) is 15.4 Å². The number of hydrogen-bond donors (Lipinski definition) is 2. The molecule has 0 unspecified atom stereocenters. The van der Waals surface area contributed by atoms with E-state index in [0.29, 0.717) is 12.1 Å². The molecule has 124 valence electrons. The predicted octanol–water partition coefficient (Wildman–Crippen LogP) is 3.93. The Balaban J connectivity index is 1.74. The van der Waals surface area contributed by atoms with Crippen LogP contribution in [0, 0.1) is 0 Å². The molecule has 0 saturated heterocycles. The van der Waals surface area contributed by atoms with Gasteiger partial charge >= 0.3 is 12.2 Å². The lowest BCUT2D eigenvalue weighted by Gasteiger charge is -2.10. The highest BCUT2D eigenvalue weighted by Crippen LogP contribution is 2.22. The van der Waals surface area contributed by atoms with E-state index < -0.39 is 18.8 Å². The maximum Gasteiger partial charge on any atom is 0.411 e. The van der Waals surface area contributed by atoms with Gasteiger partial charge in [0.15, 0.2) is 0 Å². The molecule has 0 aliphatic heterocycles. The predicted molar refractivity (Wildman–Crippen MR) is 82.5 cm³/mol. The summed E-state index contributed by atoms with van der Waals surface area (Å²) in [7, 11) is 0. The number of anilines is 1. The molecular weight excluding hydrogens is 309 g/mol. The molecule has 2 N–H and O–H groups in total. The van der Waals surface area contributed by atoms with Gasteiger partial charge in [-0.3, -0.25) is 0 Å². The Kier molecular flexibility index (Phi) is 5.81. The van der Waals surface area contributed by atoms with E-state index in [-0.39, 0.29) is 13.2 Å². The Hall–Kier alpha value is -2.28. The van der Waals surface area contributed by atoms with Crippen LogP contribution in [0.1, 0.15) is 6.42 Å². The summed E-state index contributed by atoms with van der Waals surface area (Å²) in [5, 5.41) is 7.23. The van der Waals surface area contributed by atoms with Gasteiger partial charge in [-0.05, 0) is 17.9 Å². The molecule has 2 amide bonds. The van der Waals surface area contributed by atoms with Crippen LogP contribution in [-0.2, 0) is 4.74 Å². The fraction of sp³-hybridized carbons (Fsp3) is 0.312. The average Bonchev–Trinajstić information content (AvgIpc) is 2.50. The summed E-state index contributed by atoms with van der Waals surface area (Å²) in [6, 6.07) is 12.8. The Bertz CT molecular complexity index is 654. The molecule has 2 aromatic carbocycles. The van der Waals surface area contributed by atoms with E-state index in [1.165, 1.54) is 0 Å². The first kappa shape index (κ1) is 17.1. The maximum atomic E-state index is 11.9. The van der Waals surface area contributed by atoms with Crippen molar-refractivity contribution in [1.82, 2.24) is 5.32 Å². The number of hydrogen-bond acceptors (Lipinski definition) is 2. The second-order valence-electron chi connectivity index (χ2n) is 4.93. The third-order valence-corrected chi connectivity index (χ3v) is 3.05. The first-order valence-electron chi connectivity index (χ1n) is 7.13. The molecule has 0 atom stereocenters. The molecule has 4 nitrogen and oxygen atoms in total. The van der Waals surface area contributed by atoms with E-state index in [1.54, 1.807) is 6.07 Å². The van der Waals surface area contributed by atoms with Crippen molar-refractivity contribution < 1.29 is 22.7 Å². The zero-order chi connectivity index (χ0) is 16.7. The molecule has 0 aliphatic rings. The molecule has 2 aromatic rings. The minimum atomic E-state index is -4.32. The first-order valence-corrected chi connectivity index (χ1v) is 7.13. The Morgan fingerprint density at radius 1 is 1.09 bits per heavy atom. The third kappa shape index (κ3) is 5.78. The van der Waals surface area contributed by atoms with Gasteiger partial charge in [0.1, 0.15) is 6.61 Å². The summed E-state index contributed by atoms with van der Waals surface area (Å²) < 4.78 is 40.0. The number of carbonyl (C=O) groups is 1. The Labute approximate surface area is 131 Å². The van der Waals surface area contributed by atoms with Crippen LogP contribution in [0.2, 0.25) is 0 Å². The van der Waals surface area contributed by atoms with Crippen LogP contribution in [0.5, 0.6) is 0 Å². The number of amides is 2. The largest absolute Gasteiger partial charge is 0.411 e. The maximum absolute atomic E-state index is 11.9. The van der Waals surface area contributed by atoms with Gasteiger partial charge in [-0.2, -0.15) is 13.2 Å². The summed E-state index contributed by atoms with van der Waals surface area (Å²) in [5.74, 6) is 0. The van der Waals surface area contributed by atoms with Crippen LogP contribution in [0.25, 0.3) is 10.8 Å². The summed E-state index contributed by atoms with van der Waals surface area (Å²) in [6.45, 7) is -1.10. The van der Waals surface area contributed by atoms with Crippen LogP contribution in [0.4, 0.5) is 23.7 Å². The number of nitrogens with one attached hydrogen (secondary N) is 2. The monoisotopic (exact) mass is 326 g/mol. The molecule has 0 spiro atoms. The van der Waals surface area contributed by atoms with Crippen molar-refractivity contribution in [2.45, 2.75) is 12.6 Å². The van der Waals surface area contributed by atoms with Gasteiger partial charge in [0, 0.05) is 18.5 Å². The lowest BCUT2D eigenvalue weighted by molar-refractivity contribution is -0.173. The van der Waals surface area contributed by atoms with Gasteiger partial charge in [0.2, 0.25) is 0 Å². The zero-order valence-electron chi connectivity index (χ0n) is 12.3.